The summed E-state index contributed by atoms with van der Waals surface area (Å²) in [5.74, 6) is 0.0648. The highest BCUT2D eigenvalue weighted by molar-refractivity contribution is 7.99. The zero-order valence-corrected chi connectivity index (χ0v) is 16.9. The molecule has 0 bridgehead atoms. The molecule has 5 heteroatoms. The molecule has 0 radical (unpaired) electrons. The molecule has 0 saturated carbocycles. The maximum absolute atomic E-state index is 12.0. The molecule has 0 fully saturated rings. The summed E-state index contributed by atoms with van der Waals surface area (Å²) in [6, 6.07) is 27.8. The summed E-state index contributed by atoms with van der Waals surface area (Å²) in [5, 5.41) is 2.76. The van der Waals surface area contributed by atoms with Crippen molar-refractivity contribution in [3.05, 3.63) is 90.5 Å². The molecule has 1 N–H and O–H groups in total. The first-order valence-electron chi connectivity index (χ1n) is 9.45. The Morgan fingerprint density at radius 2 is 1.41 bits per heavy atom. The predicted octanol–water partition coefficient (Wildman–Crippen LogP) is 4.35. The maximum atomic E-state index is 12.0. The molecule has 0 heterocycles. The van der Waals surface area contributed by atoms with E-state index in [-0.39, 0.29) is 18.9 Å². The quantitative estimate of drug-likeness (QED) is 0.327. The molecule has 3 aromatic rings. The lowest BCUT2D eigenvalue weighted by molar-refractivity contribution is -0.147. The zero-order chi connectivity index (χ0) is 20.3. The number of amides is 1. The fourth-order valence-electron chi connectivity index (χ4n) is 2.74. The lowest BCUT2D eigenvalue weighted by Crippen LogP contribution is -2.30. The summed E-state index contributed by atoms with van der Waals surface area (Å²) in [6.45, 7) is 0.272. The number of hydrogen-bond acceptors (Lipinski definition) is 4. The van der Waals surface area contributed by atoms with Gasteiger partial charge in [0.05, 0.1) is 6.42 Å². The van der Waals surface area contributed by atoms with Crippen LogP contribution in [0.15, 0.2) is 89.8 Å². The Hall–Kier alpha value is -3.05. The van der Waals surface area contributed by atoms with Crippen LogP contribution in [0.25, 0.3) is 11.1 Å². The zero-order valence-electron chi connectivity index (χ0n) is 16.0. The molecule has 1 amide bonds. The van der Waals surface area contributed by atoms with E-state index in [9.17, 15) is 9.59 Å². The largest absolute Gasteiger partial charge is 0.455 e. The fraction of sp³-hybridized carbons (Fsp3) is 0.167. The van der Waals surface area contributed by atoms with Gasteiger partial charge in [-0.05, 0) is 28.8 Å². The monoisotopic (exact) mass is 405 g/mol. The van der Waals surface area contributed by atoms with E-state index in [1.807, 2.05) is 84.9 Å². The highest BCUT2D eigenvalue weighted by atomic mass is 32.2. The lowest BCUT2D eigenvalue weighted by Gasteiger charge is -2.07. The average molecular weight is 406 g/mol. The van der Waals surface area contributed by atoms with Crippen molar-refractivity contribution in [1.82, 2.24) is 5.32 Å². The van der Waals surface area contributed by atoms with Crippen LogP contribution in [0, 0.1) is 0 Å². The smallest absolute Gasteiger partial charge is 0.310 e. The number of benzene rings is 3. The summed E-state index contributed by atoms with van der Waals surface area (Å²) >= 11 is 1.67. The van der Waals surface area contributed by atoms with Crippen molar-refractivity contribution in [2.45, 2.75) is 11.3 Å². The van der Waals surface area contributed by atoms with Gasteiger partial charge in [-0.1, -0.05) is 72.8 Å². The lowest BCUT2D eigenvalue weighted by atomic mass is 10.0. The molecule has 0 aliphatic heterocycles. The van der Waals surface area contributed by atoms with E-state index in [2.05, 4.69) is 5.32 Å². The number of carbonyl (C=O) groups excluding carboxylic acids is 2. The molecule has 0 saturated heterocycles. The first kappa shape index (κ1) is 20.7. The van der Waals surface area contributed by atoms with Gasteiger partial charge in [0.15, 0.2) is 6.61 Å². The average Bonchev–Trinajstić information content (AvgIpc) is 2.77. The molecule has 0 unspecified atom stereocenters. The molecular formula is C24H23NO3S. The number of rotatable bonds is 9. The third-order valence-corrected chi connectivity index (χ3v) is 5.22. The molecule has 148 valence electrons. The van der Waals surface area contributed by atoms with E-state index >= 15 is 0 Å². The van der Waals surface area contributed by atoms with E-state index in [0.29, 0.717) is 6.54 Å². The van der Waals surface area contributed by atoms with Crippen molar-refractivity contribution in [2.75, 3.05) is 18.9 Å². The van der Waals surface area contributed by atoms with Gasteiger partial charge >= 0.3 is 5.97 Å². The highest BCUT2D eigenvalue weighted by Crippen LogP contribution is 2.19. The molecular weight excluding hydrogens is 382 g/mol. The number of esters is 1. The van der Waals surface area contributed by atoms with Crippen LogP contribution < -0.4 is 5.32 Å². The van der Waals surface area contributed by atoms with Crippen molar-refractivity contribution in [3.63, 3.8) is 0 Å². The van der Waals surface area contributed by atoms with Crippen molar-refractivity contribution in [3.8, 4) is 11.1 Å². The van der Waals surface area contributed by atoms with E-state index < -0.39 is 5.97 Å². The Kier molecular flexibility index (Phi) is 7.90. The third-order valence-electron chi connectivity index (χ3n) is 4.21. The molecule has 3 aromatic carbocycles. The van der Waals surface area contributed by atoms with Crippen LogP contribution in [0.4, 0.5) is 0 Å². The Morgan fingerprint density at radius 3 is 2.10 bits per heavy atom. The standard InChI is InChI=1S/C24H23NO3S/c26-23(25-15-16-29-22-9-5-2-6-10-22)18-28-24(27)17-19-11-13-21(14-12-19)20-7-3-1-4-8-20/h1-14H,15-18H2,(H,25,26). The van der Waals surface area contributed by atoms with Crippen LogP contribution in [0.1, 0.15) is 5.56 Å². The summed E-state index contributed by atoms with van der Waals surface area (Å²) in [7, 11) is 0. The van der Waals surface area contributed by atoms with Gasteiger partial charge in [0.2, 0.25) is 0 Å². The number of carbonyl (C=O) groups is 2. The topological polar surface area (TPSA) is 55.4 Å². The maximum Gasteiger partial charge on any atom is 0.310 e. The normalized spacial score (nSPS) is 10.3. The first-order valence-corrected chi connectivity index (χ1v) is 10.4. The van der Waals surface area contributed by atoms with Gasteiger partial charge in [0, 0.05) is 17.2 Å². The Labute approximate surface area is 175 Å². The number of hydrogen-bond donors (Lipinski definition) is 1. The Balaban J connectivity index is 1.34. The van der Waals surface area contributed by atoms with E-state index in [1.54, 1.807) is 11.8 Å². The van der Waals surface area contributed by atoms with Gasteiger partial charge in [-0.2, -0.15) is 0 Å². The van der Waals surface area contributed by atoms with Crippen molar-refractivity contribution in [2.24, 2.45) is 0 Å². The van der Waals surface area contributed by atoms with Crippen LogP contribution in [0.2, 0.25) is 0 Å². The molecule has 0 aliphatic carbocycles. The molecule has 3 rings (SSSR count). The summed E-state index contributed by atoms with van der Waals surface area (Å²) in [4.78, 5) is 25.0. The SMILES string of the molecule is O=C(COC(=O)Cc1ccc(-c2ccccc2)cc1)NCCSc1ccccc1. The molecule has 0 spiro atoms. The van der Waals surface area contributed by atoms with Gasteiger partial charge in [-0.25, -0.2) is 0 Å². The second kappa shape index (κ2) is 11.1. The first-order chi connectivity index (χ1) is 14.2. The minimum Gasteiger partial charge on any atom is -0.455 e. The van der Waals surface area contributed by atoms with Gasteiger partial charge in [-0.15, -0.1) is 11.8 Å². The Morgan fingerprint density at radius 1 is 0.793 bits per heavy atom. The molecule has 0 aliphatic rings. The van der Waals surface area contributed by atoms with Gasteiger partial charge in [0.25, 0.3) is 5.91 Å². The fourth-order valence-corrected chi connectivity index (χ4v) is 3.53. The van der Waals surface area contributed by atoms with Crippen LogP contribution >= 0.6 is 11.8 Å². The number of thioether (sulfide) groups is 1. The summed E-state index contributed by atoms with van der Waals surface area (Å²) in [5.41, 5.74) is 3.08. The van der Waals surface area contributed by atoms with Crippen LogP contribution in [-0.2, 0) is 20.7 Å². The van der Waals surface area contributed by atoms with Crippen molar-refractivity contribution < 1.29 is 14.3 Å². The third kappa shape index (κ3) is 7.12. The molecule has 29 heavy (non-hydrogen) atoms. The van der Waals surface area contributed by atoms with E-state index in [1.165, 1.54) is 0 Å². The second-order valence-electron chi connectivity index (χ2n) is 6.41. The molecule has 4 nitrogen and oxygen atoms in total. The summed E-state index contributed by atoms with van der Waals surface area (Å²) in [6.07, 6.45) is 0.145. The second-order valence-corrected chi connectivity index (χ2v) is 7.58. The van der Waals surface area contributed by atoms with Gasteiger partial charge in [-0.3, -0.25) is 9.59 Å². The number of ether oxygens (including phenoxy) is 1. The molecule has 0 atom stereocenters. The minimum absolute atomic E-state index is 0.145. The summed E-state index contributed by atoms with van der Waals surface area (Å²) < 4.78 is 5.08. The van der Waals surface area contributed by atoms with Crippen LogP contribution in [0.5, 0.6) is 0 Å². The van der Waals surface area contributed by atoms with Crippen molar-refractivity contribution >= 4 is 23.6 Å². The molecule has 0 aromatic heterocycles. The Bertz CT molecular complexity index is 912. The van der Waals surface area contributed by atoms with Gasteiger partial charge < -0.3 is 10.1 Å². The number of nitrogens with one attached hydrogen (secondary N) is 1. The highest BCUT2D eigenvalue weighted by Gasteiger charge is 2.09. The predicted molar refractivity (Wildman–Crippen MR) is 117 cm³/mol. The van der Waals surface area contributed by atoms with E-state index in [0.717, 1.165) is 27.3 Å². The minimum atomic E-state index is -0.411. The van der Waals surface area contributed by atoms with E-state index in [4.69, 9.17) is 4.74 Å². The van der Waals surface area contributed by atoms with Gasteiger partial charge in [0.1, 0.15) is 0 Å². The van der Waals surface area contributed by atoms with Crippen LogP contribution in [0.3, 0.4) is 0 Å². The van der Waals surface area contributed by atoms with Crippen molar-refractivity contribution in [1.29, 1.82) is 0 Å². The van der Waals surface area contributed by atoms with Crippen LogP contribution in [-0.4, -0.2) is 30.8 Å².